The summed E-state index contributed by atoms with van der Waals surface area (Å²) in [6.07, 6.45) is 0. The number of hydrogen-bond acceptors (Lipinski definition) is 3. The van der Waals surface area contributed by atoms with E-state index in [2.05, 4.69) is 54.6 Å². The van der Waals surface area contributed by atoms with E-state index < -0.39 is 0 Å². The smallest absolute Gasteiger partial charge is 0.136 e. The predicted octanol–water partition coefficient (Wildman–Crippen LogP) is 10.00. The van der Waals surface area contributed by atoms with Crippen LogP contribution in [0.4, 0.5) is 0 Å². The van der Waals surface area contributed by atoms with Crippen LogP contribution in [0.25, 0.3) is 66.4 Å². The van der Waals surface area contributed by atoms with Crippen molar-refractivity contribution in [1.82, 2.24) is 0 Å². The molecule has 0 amide bonds. The lowest BCUT2D eigenvalue weighted by Gasteiger charge is -2.15. The Hall–Kier alpha value is -5.90. The average molecular weight is 523 g/mol. The maximum atomic E-state index is 10.3. The monoisotopic (exact) mass is 522 g/mol. The Labute approximate surface area is 237 Å². The summed E-state index contributed by atoms with van der Waals surface area (Å²) in [5, 5.41) is 21.7. The Bertz CT molecular complexity index is 2100. The molecule has 0 aliphatic heterocycles. The van der Waals surface area contributed by atoms with E-state index in [1.165, 1.54) is 0 Å². The van der Waals surface area contributed by atoms with Crippen molar-refractivity contribution in [2.45, 2.75) is 0 Å². The molecule has 0 N–H and O–H groups in total. The van der Waals surface area contributed by atoms with Crippen LogP contribution in [0.2, 0.25) is 0 Å². The second-order valence-corrected chi connectivity index (χ2v) is 9.97. The van der Waals surface area contributed by atoms with Gasteiger partial charge >= 0.3 is 0 Å². The van der Waals surface area contributed by atoms with Gasteiger partial charge in [-0.1, -0.05) is 91.0 Å². The van der Waals surface area contributed by atoms with E-state index in [0.29, 0.717) is 11.1 Å². The summed E-state index contributed by atoms with van der Waals surface area (Å²) < 4.78 is 6.14. The van der Waals surface area contributed by atoms with Crippen molar-refractivity contribution in [3.8, 4) is 56.6 Å². The summed E-state index contributed by atoms with van der Waals surface area (Å²) in [7, 11) is 0. The minimum absolute atomic E-state index is 0.600. The Kier molecular flexibility index (Phi) is 5.90. The van der Waals surface area contributed by atoms with Crippen LogP contribution in [-0.2, 0) is 0 Å². The largest absolute Gasteiger partial charge is 0.456 e. The van der Waals surface area contributed by atoms with Crippen molar-refractivity contribution in [1.29, 1.82) is 10.5 Å². The van der Waals surface area contributed by atoms with Gasteiger partial charge in [-0.05, 0) is 75.8 Å². The highest BCUT2D eigenvalue weighted by Gasteiger charge is 2.17. The molecule has 1 aromatic heterocycles. The summed E-state index contributed by atoms with van der Waals surface area (Å²) in [4.78, 5) is 0. The third kappa shape index (κ3) is 4.23. The van der Waals surface area contributed by atoms with E-state index >= 15 is 0 Å². The normalized spacial score (nSPS) is 10.9. The minimum atomic E-state index is 0.600. The number of rotatable bonds is 4. The first kappa shape index (κ1) is 24.2. The summed E-state index contributed by atoms with van der Waals surface area (Å²) >= 11 is 0. The summed E-state index contributed by atoms with van der Waals surface area (Å²) in [5.74, 6) is 0. The second kappa shape index (κ2) is 10.0. The molecule has 0 spiro atoms. The highest BCUT2D eigenvalue weighted by atomic mass is 16.3. The number of fused-ring (bicyclic) bond motifs is 3. The highest BCUT2D eigenvalue weighted by Crippen LogP contribution is 2.40. The molecule has 0 saturated carbocycles. The van der Waals surface area contributed by atoms with Gasteiger partial charge in [0.05, 0.1) is 17.2 Å². The van der Waals surface area contributed by atoms with Crippen LogP contribution >= 0.6 is 0 Å². The van der Waals surface area contributed by atoms with Crippen molar-refractivity contribution in [3.63, 3.8) is 0 Å². The third-order valence-electron chi connectivity index (χ3n) is 7.55. The fourth-order valence-electron chi connectivity index (χ4n) is 5.62. The number of benzene rings is 6. The number of nitriles is 2. The number of hydrogen-bond donors (Lipinski definition) is 0. The third-order valence-corrected chi connectivity index (χ3v) is 7.55. The first-order valence-electron chi connectivity index (χ1n) is 13.4. The standard InChI is InChI=1S/C38H22N2O/c39-23-25-17-18-36-34(19-25)38-31(15-8-16-37(38)41-36)29-14-7-13-28(20-29)30-21-32(26-9-3-1-4-10-26)35(24-40)33(22-30)27-11-5-2-6-12-27/h1-22H. The van der Waals surface area contributed by atoms with E-state index in [9.17, 15) is 10.5 Å². The van der Waals surface area contributed by atoms with Crippen molar-refractivity contribution in [2.75, 3.05) is 0 Å². The Balaban J connectivity index is 1.45. The Morgan fingerprint density at radius 2 is 1.07 bits per heavy atom. The predicted molar refractivity (Wildman–Crippen MR) is 165 cm³/mol. The van der Waals surface area contributed by atoms with Crippen molar-refractivity contribution in [3.05, 3.63) is 145 Å². The van der Waals surface area contributed by atoms with Crippen LogP contribution in [-0.4, -0.2) is 0 Å². The van der Waals surface area contributed by atoms with Crippen LogP contribution in [0, 0.1) is 22.7 Å². The van der Waals surface area contributed by atoms with E-state index in [0.717, 1.165) is 66.4 Å². The van der Waals surface area contributed by atoms with Crippen molar-refractivity contribution in [2.24, 2.45) is 0 Å². The molecule has 0 fully saturated rings. The molecule has 7 rings (SSSR count). The molecule has 190 valence electrons. The summed E-state index contributed by atoms with van der Waals surface area (Å²) in [5.41, 5.74) is 10.8. The van der Waals surface area contributed by atoms with Gasteiger partial charge in [0.1, 0.15) is 17.2 Å². The molecule has 41 heavy (non-hydrogen) atoms. The van der Waals surface area contributed by atoms with Crippen molar-refractivity contribution < 1.29 is 4.42 Å². The molecule has 0 bridgehead atoms. The molecule has 0 saturated heterocycles. The molecular formula is C38H22N2O. The van der Waals surface area contributed by atoms with E-state index in [-0.39, 0.29) is 0 Å². The fourth-order valence-corrected chi connectivity index (χ4v) is 5.62. The zero-order valence-corrected chi connectivity index (χ0v) is 22.0. The lowest BCUT2D eigenvalue weighted by molar-refractivity contribution is 0.669. The van der Waals surface area contributed by atoms with Crippen LogP contribution in [0.1, 0.15) is 11.1 Å². The van der Waals surface area contributed by atoms with Gasteiger partial charge in [-0.3, -0.25) is 0 Å². The molecule has 0 aliphatic rings. The zero-order valence-electron chi connectivity index (χ0n) is 22.0. The molecule has 0 atom stereocenters. The Morgan fingerprint density at radius 1 is 0.439 bits per heavy atom. The maximum Gasteiger partial charge on any atom is 0.136 e. The van der Waals surface area contributed by atoms with Gasteiger partial charge in [-0.15, -0.1) is 0 Å². The second-order valence-electron chi connectivity index (χ2n) is 9.97. The molecule has 0 radical (unpaired) electrons. The Morgan fingerprint density at radius 3 is 1.73 bits per heavy atom. The van der Waals surface area contributed by atoms with Crippen LogP contribution in [0.5, 0.6) is 0 Å². The van der Waals surface area contributed by atoms with E-state index in [1.807, 2.05) is 84.9 Å². The van der Waals surface area contributed by atoms with Gasteiger partial charge in [0.25, 0.3) is 0 Å². The molecule has 3 heteroatoms. The van der Waals surface area contributed by atoms with E-state index in [4.69, 9.17) is 4.42 Å². The van der Waals surface area contributed by atoms with Gasteiger partial charge in [0.15, 0.2) is 0 Å². The van der Waals surface area contributed by atoms with Crippen LogP contribution in [0.3, 0.4) is 0 Å². The van der Waals surface area contributed by atoms with Gasteiger partial charge in [-0.2, -0.15) is 10.5 Å². The van der Waals surface area contributed by atoms with Crippen LogP contribution in [0.15, 0.2) is 138 Å². The summed E-state index contributed by atoms with van der Waals surface area (Å²) in [6, 6.07) is 49.2. The molecule has 6 aromatic carbocycles. The molecule has 0 unspecified atom stereocenters. The lowest BCUT2D eigenvalue weighted by atomic mass is 9.87. The van der Waals surface area contributed by atoms with Crippen LogP contribution < -0.4 is 0 Å². The SMILES string of the molecule is N#Cc1ccc2oc3cccc(-c4cccc(-c5cc(-c6ccccc6)c(C#N)c(-c6ccccc6)c5)c4)c3c2c1. The van der Waals surface area contributed by atoms with E-state index in [1.54, 1.807) is 6.07 Å². The number of nitrogens with zero attached hydrogens (tertiary/aromatic N) is 2. The quantitative estimate of drug-likeness (QED) is 0.231. The molecular weight excluding hydrogens is 500 g/mol. The van der Waals surface area contributed by atoms with Gasteiger partial charge in [-0.25, -0.2) is 0 Å². The topological polar surface area (TPSA) is 60.7 Å². The average Bonchev–Trinajstić information content (AvgIpc) is 3.43. The molecule has 1 heterocycles. The molecule has 0 aliphatic carbocycles. The summed E-state index contributed by atoms with van der Waals surface area (Å²) in [6.45, 7) is 0. The zero-order chi connectivity index (χ0) is 27.8. The molecule has 3 nitrogen and oxygen atoms in total. The lowest BCUT2D eigenvalue weighted by Crippen LogP contribution is -1.93. The van der Waals surface area contributed by atoms with Crippen molar-refractivity contribution >= 4 is 21.9 Å². The van der Waals surface area contributed by atoms with Gasteiger partial charge < -0.3 is 4.42 Å². The molecule has 7 aromatic rings. The minimum Gasteiger partial charge on any atom is -0.456 e. The van der Waals surface area contributed by atoms with Gasteiger partial charge in [0.2, 0.25) is 0 Å². The van der Waals surface area contributed by atoms with Gasteiger partial charge in [0, 0.05) is 21.9 Å². The first-order valence-corrected chi connectivity index (χ1v) is 13.4. The highest BCUT2D eigenvalue weighted by molar-refractivity contribution is 6.12. The maximum absolute atomic E-state index is 10.3. The first-order chi connectivity index (χ1) is 20.2. The fraction of sp³-hybridized carbons (Fsp3) is 0. The number of furan rings is 1.